The van der Waals surface area contributed by atoms with E-state index < -0.39 is 0 Å². The van der Waals surface area contributed by atoms with Gasteiger partial charge >= 0.3 is 0 Å². The fraction of sp³-hybridized carbons (Fsp3) is 0.118. The summed E-state index contributed by atoms with van der Waals surface area (Å²) in [7, 11) is 0. The maximum absolute atomic E-state index is 6.38. The van der Waals surface area contributed by atoms with Crippen LogP contribution in [0.15, 0.2) is 46.9 Å². The Bertz CT molecular complexity index is 885. The third-order valence-corrected chi connectivity index (χ3v) is 5.03. The largest absolute Gasteiger partial charge is 0.369 e. The van der Waals surface area contributed by atoms with Crippen LogP contribution >= 0.6 is 39.1 Å². The van der Waals surface area contributed by atoms with Crippen molar-refractivity contribution in [1.82, 2.24) is 9.78 Å². The molecule has 0 saturated carbocycles. The zero-order valence-corrected chi connectivity index (χ0v) is 15.1. The summed E-state index contributed by atoms with van der Waals surface area (Å²) in [6.07, 6.45) is 0.903. The summed E-state index contributed by atoms with van der Waals surface area (Å²) in [6, 6.07) is 13.6. The van der Waals surface area contributed by atoms with Crippen LogP contribution in [0.1, 0.15) is 5.56 Å². The van der Waals surface area contributed by atoms with E-state index in [4.69, 9.17) is 28.3 Å². The fourth-order valence-electron chi connectivity index (χ4n) is 2.89. The zero-order valence-electron chi connectivity index (χ0n) is 12.0. The van der Waals surface area contributed by atoms with Crippen molar-refractivity contribution in [3.8, 4) is 16.9 Å². The first-order valence-corrected chi connectivity index (χ1v) is 8.76. The summed E-state index contributed by atoms with van der Waals surface area (Å²) in [6.45, 7) is 0.885. The molecule has 0 aliphatic carbocycles. The first-order chi connectivity index (χ1) is 11.1. The number of rotatable bonds is 2. The minimum Gasteiger partial charge on any atom is -0.369 e. The van der Waals surface area contributed by atoms with E-state index in [0.717, 1.165) is 45.8 Å². The SMILES string of the molecule is Clc1cccc(Cl)c1-c1nn(-c2cccc(Br)c2)c2c1CCN2. The van der Waals surface area contributed by atoms with E-state index >= 15 is 0 Å². The molecule has 0 radical (unpaired) electrons. The predicted molar refractivity (Wildman–Crippen MR) is 98.9 cm³/mol. The molecule has 0 spiro atoms. The molecule has 0 atom stereocenters. The molecule has 116 valence electrons. The second-order valence-corrected chi connectivity index (χ2v) is 7.07. The highest BCUT2D eigenvalue weighted by Gasteiger charge is 2.26. The van der Waals surface area contributed by atoms with Crippen molar-refractivity contribution < 1.29 is 0 Å². The molecule has 1 aliphatic rings. The molecular formula is C17H12BrCl2N3. The standard InChI is InChI=1S/C17H12BrCl2N3/c18-10-3-1-4-11(9-10)23-17-12(7-8-21-17)16(22-23)15-13(19)5-2-6-14(15)20/h1-6,9,21H,7-8H2. The molecule has 0 saturated heterocycles. The Labute approximate surface area is 152 Å². The minimum absolute atomic E-state index is 0.617. The summed E-state index contributed by atoms with van der Waals surface area (Å²) < 4.78 is 2.93. The van der Waals surface area contributed by atoms with Crippen LogP contribution in [0.25, 0.3) is 16.9 Å². The third-order valence-electron chi connectivity index (χ3n) is 3.90. The molecule has 3 aromatic rings. The van der Waals surface area contributed by atoms with Gasteiger partial charge in [0.1, 0.15) is 11.5 Å². The number of benzene rings is 2. The number of aromatic nitrogens is 2. The van der Waals surface area contributed by atoms with Gasteiger partial charge in [-0.05, 0) is 36.8 Å². The number of fused-ring (bicyclic) bond motifs is 1. The van der Waals surface area contributed by atoms with Crippen molar-refractivity contribution in [3.63, 3.8) is 0 Å². The second kappa shape index (κ2) is 5.86. The Morgan fingerprint density at radius 2 is 1.83 bits per heavy atom. The lowest BCUT2D eigenvalue weighted by atomic mass is 10.1. The van der Waals surface area contributed by atoms with Gasteiger partial charge in [-0.2, -0.15) is 5.10 Å². The van der Waals surface area contributed by atoms with Crippen LogP contribution in [0.4, 0.5) is 5.82 Å². The molecule has 1 N–H and O–H groups in total. The maximum atomic E-state index is 6.38. The quantitative estimate of drug-likeness (QED) is 0.600. The Balaban J connectivity index is 1.96. The van der Waals surface area contributed by atoms with Crippen LogP contribution in [0.5, 0.6) is 0 Å². The van der Waals surface area contributed by atoms with Crippen LogP contribution in [-0.2, 0) is 6.42 Å². The lowest BCUT2D eigenvalue weighted by molar-refractivity contribution is 0.882. The highest BCUT2D eigenvalue weighted by atomic mass is 79.9. The Morgan fingerprint density at radius 3 is 2.57 bits per heavy atom. The van der Waals surface area contributed by atoms with Gasteiger partial charge in [0.15, 0.2) is 0 Å². The monoisotopic (exact) mass is 407 g/mol. The average Bonchev–Trinajstić information content (AvgIpc) is 3.10. The van der Waals surface area contributed by atoms with E-state index in [0.29, 0.717) is 10.0 Å². The van der Waals surface area contributed by atoms with Crippen molar-refractivity contribution in [1.29, 1.82) is 0 Å². The zero-order chi connectivity index (χ0) is 16.0. The molecule has 3 nitrogen and oxygen atoms in total. The molecule has 2 heterocycles. The molecule has 0 bridgehead atoms. The number of anilines is 1. The van der Waals surface area contributed by atoms with Gasteiger partial charge in [0.2, 0.25) is 0 Å². The Hall–Kier alpha value is -1.49. The van der Waals surface area contributed by atoms with Crippen LogP contribution in [0, 0.1) is 0 Å². The van der Waals surface area contributed by atoms with Gasteiger partial charge in [-0.3, -0.25) is 0 Å². The molecular weight excluding hydrogens is 397 g/mol. The van der Waals surface area contributed by atoms with Gasteiger partial charge in [-0.15, -0.1) is 0 Å². The summed E-state index contributed by atoms with van der Waals surface area (Å²) >= 11 is 16.3. The molecule has 1 aromatic heterocycles. The maximum Gasteiger partial charge on any atom is 0.133 e. The number of halogens is 3. The smallest absolute Gasteiger partial charge is 0.133 e. The van der Waals surface area contributed by atoms with Crippen LogP contribution in [0.2, 0.25) is 10.0 Å². The third kappa shape index (κ3) is 2.55. The summed E-state index contributed by atoms with van der Waals surface area (Å²) in [5.74, 6) is 1.01. The lowest BCUT2D eigenvalue weighted by Gasteiger charge is -2.07. The van der Waals surface area contributed by atoms with Gasteiger partial charge in [0.05, 0.1) is 15.7 Å². The average molecular weight is 409 g/mol. The summed E-state index contributed by atoms with van der Waals surface area (Å²) in [5, 5.41) is 9.45. The summed E-state index contributed by atoms with van der Waals surface area (Å²) in [5.41, 5.74) is 3.78. The molecule has 4 rings (SSSR count). The fourth-order valence-corrected chi connectivity index (χ4v) is 3.86. The van der Waals surface area contributed by atoms with Gasteiger partial charge in [-0.1, -0.05) is 51.3 Å². The number of hydrogen-bond donors (Lipinski definition) is 1. The first kappa shape index (κ1) is 15.1. The topological polar surface area (TPSA) is 29.9 Å². The molecule has 2 aromatic carbocycles. The number of nitrogens with one attached hydrogen (secondary N) is 1. The normalized spacial score (nSPS) is 13.0. The van der Waals surface area contributed by atoms with E-state index in [1.807, 2.05) is 47.1 Å². The van der Waals surface area contributed by atoms with E-state index in [1.165, 1.54) is 0 Å². The molecule has 6 heteroatoms. The predicted octanol–water partition coefficient (Wildman–Crippen LogP) is 5.58. The van der Waals surface area contributed by atoms with Crippen molar-refractivity contribution in [2.24, 2.45) is 0 Å². The number of nitrogens with zero attached hydrogens (tertiary/aromatic N) is 2. The highest BCUT2D eigenvalue weighted by molar-refractivity contribution is 9.10. The van der Waals surface area contributed by atoms with E-state index in [1.54, 1.807) is 0 Å². The van der Waals surface area contributed by atoms with Crippen molar-refractivity contribution in [2.45, 2.75) is 6.42 Å². The van der Waals surface area contributed by atoms with E-state index in [9.17, 15) is 0 Å². The second-order valence-electron chi connectivity index (χ2n) is 5.34. The molecule has 23 heavy (non-hydrogen) atoms. The molecule has 0 fully saturated rings. The first-order valence-electron chi connectivity index (χ1n) is 7.21. The van der Waals surface area contributed by atoms with E-state index in [-0.39, 0.29) is 0 Å². The van der Waals surface area contributed by atoms with Crippen LogP contribution < -0.4 is 5.32 Å². The van der Waals surface area contributed by atoms with Crippen LogP contribution in [-0.4, -0.2) is 16.3 Å². The van der Waals surface area contributed by atoms with E-state index in [2.05, 4.69) is 21.2 Å². The van der Waals surface area contributed by atoms with Crippen molar-refractivity contribution in [3.05, 3.63) is 62.5 Å². The Morgan fingerprint density at radius 1 is 1.09 bits per heavy atom. The molecule has 1 aliphatic heterocycles. The van der Waals surface area contributed by atoms with Gasteiger partial charge in [0, 0.05) is 22.1 Å². The van der Waals surface area contributed by atoms with Gasteiger partial charge in [0.25, 0.3) is 0 Å². The van der Waals surface area contributed by atoms with Crippen molar-refractivity contribution >= 4 is 44.9 Å². The van der Waals surface area contributed by atoms with Gasteiger partial charge in [-0.25, -0.2) is 4.68 Å². The minimum atomic E-state index is 0.617. The van der Waals surface area contributed by atoms with Crippen molar-refractivity contribution in [2.75, 3.05) is 11.9 Å². The Kier molecular flexibility index (Phi) is 3.84. The van der Waals surface area contributed by atoms with Crippen LogP contribution in [0.3, 0.4) is 0 Å². The number of hydrogen-bond acceptors (Lipinski definition) is 2. The highest BCUT2D eigenvalue weighted by Crippen LogP contribution is 2.40. The van der Waals surface area contributed by atoms with Gasteiger partial charge < -0.3 is 5.32 Å². The molecule has 0 unspecified atom stereocenters. The summed E-state index contributed by atoms with van der Waals surface area (Å²) in [4.78, 5) is 0. The molecule has 0 amide bonds. The lowest BCUT2D eigenvalue weighted by Crippen LogP contribution is -2.04.